The Labute approximate surface area is 220 Å². The second-order valence-electron chi connectivity index (χ2n) is 10.6. The number of amides is 2. The average Bonchev–Trinajstić information content (AvgIpc) is 3.58. The van der Waals surface area contributed by atoms with E-state index in [1.165, 1.54) is 31.2 Å². The highest BCUT2D eigenvalue weighted by Gasteiger charge is 2.35. The van der Waals surface area contributed by atoms with Crippen LogP contribution in [0.25, 0.3) is 0 Å². The zero-order valence-electron chi connectivity index (χ0n) is 21.1. The summed E-state index contributed by atoms with van der Waals surface area (Å²) < 4.78 is 36.2. The van der Waals surface area contributed by atoms with Crippen LogP contribution in [0.3, 0.4) is 0 Å². The van der Waals surface area contributed by atoms with Crippen LogP contribution in [-0.4, -0.2) is 45.4 Å². The summed E-state index contributed by atoms with van der Waals surface area (Å²) in [5.74, 6) is -2.31. The summed E-state index contributed by atoms with van der Waals surface area (Å²) in [6.45, 7) is 0.791. The number of benzene rings is 1. The van der Waals surface area contributed by atoms with Gasteiger partial charge in [-0.25, -0.2) is 8.78 Å². The summed E-state index contributed by atoms with van der Waals surface area (Å²) in [6.07, 6.45) is 8.65. The third-order valence-corrected chi connectivity index (χ3v) is 8.34. The normalized spacial score (nSPS) is 19.6. The van der Waals surface area contributed by atoms with E-state index in [1.807, 2.05) is 6.07 Å². The standard InChI is InChI=1S/C27H34F2N4O3S/c1-27(28,29)16-36-20-5-2-4-18(14-20)10-11-19-15-22-23(25(34)30-19)24(26(35)32-37-21-6-3-7-21)33(31-22)13-12-17-8-9-17/h2,4-5,14,17,19,21H,3,6-13,15-16H2,1H3,(H,30,34)(H,32,35). The van der Waals surface area contributed by atoms with Gasteiger partial charge in [-0.15, -0.1) is 0 Å². The quantitative estimate of drug-likeness (QED) is 0.379. The number of aromatic nitrogens is 2. The van der Waals surface area contributed by atoms with Crippen LogP contribution >= 0.6 is 11.9 Å². The monoisotopic (exact) mass is 532 g/mol. The SMILES string of the molecule is CC(F)(F)COc1cccc(CCC2Cc3nn(CCC4CC4)c(C(=O)NSC4CCC4)c3C(=O)N2)c1. The van der Waals surface area contributed by atoms with Crippen molar-refractivity contribution in [2.45, 2.75) is 88.5 Å². The molecule has 0 saturated heterocycles. The van der Waals surface area contributed by atoms with E-state index < -0.39 is 12.5 Å². The van der Waals surface area contributed by atoms with Gasteiger partial charge in [0.1, 0.15) is 11.4 Å². The molecule has 1 aromatic heterocycles. The molecule has 0 bridgehead atoms. The molecule has 10 heteroatoms. The van der Waals surface area contributed by atoms with Gasteiger partial charge >= 0.3 is 0 Å². The molecule has 2 aliphatic carbocycles. The Morgan fingerprint density at radius 1 is 1.27 bits per heavy atom. The van der Waals surface area contributed by atoms with Gasteiger partial charge in [-0.2, -0.15) is 5.10 Å². The molecule has 1 aliphatic heterocycles. The lowest BCUT2D eigenvalue weighted by Gasteiger charge is -2.25. The summed E-state index contributed by atoms with van der Waals surface area (Å²) in [5, 5.41) is 8.26. The maximum absolute atomic E-state index is 13.2. The van der Waals surface area contributed by atoms with Gasteiger partial charge < -0.3 is 10.1 Å². The highest BCUT2D eigenvalue weighted by atomic mass is 32.2. The van der Waals surface area contributed by atoms with Crippen molar-refractivity contribution < 1.29 is 23.1 Å². The lowest BCUT2D eigenvalue weighted by molar-refractivity contribution is -0.0229. The van der Waals surface area contributed by atoms with Crippen molar-refractivity contribution in [3.8, 4) is 5.75 Å². The number of fused-ring (bicyclic) bond motifs is 1. The number of aryl methyl sites for hydroxylation is 2. The first kappa shape index (κ1) is 26.0. The molecule has 200 valence electrons. The Morgan fingerprint density at radius 3 is 2.78 bits per heavy atom. The minimum absolute atomic E-state index is 0.128. The molecule has 1 unspecified atom stereocenters. The first-order valence-corrected chi connectivity index (χ1v) is 14.1. The molecule has 0 spiro atoms. The van der Waals surface area contributed by atoms with Crippen LogP contribution in [0.4, 0.5) is 8.78 Å². The predicted octanol–water partition coefficient (Wildman–Crippen LogP) is 4.94. The van der Waals surface area contributed by atoms with Gasteiger partial charge in [0.05, 0.1) is 11.3 Å². The van der Waals surface area contributed by atoms with Gasteiger partial charge in [-0.1, -0.05) is 31.4 Å². The Kier molecular flexibility index (Phi) is 7.74. The van der Waals surface area contributed by atoms with Gasteiger partial charge in [-0.05, 0) is 67.7 Å². The van der Waals surface area contributed by atoms with Crippen LogP contribution in [0.1, 0.15) is 84.0 Å². The lowest BCUT2D eigenvalue weighted by Crippen LogP contribution is -2.42. The molecule has 2 saturated carbocycles. The molecule has 0 radical (unpaired) electrons. The van der Waals surface area contributed by atoms with Gasteiger partial charge in [0.15, 0.2) is 6.61 Å². The van der Waals surface area contributed by atoms with E-state index in [1.54, 1.807) is 22.9 Å². The van der Waals surface area contributed by atoms with Crippen LogP contribution in [0.2, 0.25) is 0 Å². The van der Waals surface area contributed by atoms with E-state index in [0.717, 1.165) is 31.7 Å². The maximum Gasteiger partial charge on any atom is 0.280 e. The highest BCUT2D eigenvalue weighted by Crippen LogP contribution is 2.34. The molecular formula is C27H34F2N4O3S. The van der Waals surface area contributed by atoms with E-state index in [4.69, 9.17) is 9.84 Å². The van der Waals surface area contributed by atoms with Gasteiger partial charge in [0.25, 0.3) is 17.7 Å². The van der Waals surface area contributed by atoms with Crippen molar-refractivity contribution in [2.75, 3.05) is 6.61 Å². The number of alkyl halides is 2. The second-order valence-corrected chi connectivity index (χ2v) is 11.8. The zero-order valence-corrected chi connectivity index (χ0v) is 21.9. The van der Waals surface area contributed by atoms with Gasteiger partial charge in [-0.3, -0.25) is 19.0 Å². The summed E-state index contributed by atoms with van der Waals surface area (Å²) in [7, 11) is 0. The first-order chi connectivity index (χ1) is 17.7. The van der Waals surface area contributed by atoms with E-state index in [2.05, 4.69) is 10.0 Å². The Morgan fingerprint density at radius 2 is 2.08 bits per heavy atom. The summed E-state index contributed by atoms with van der Waals surface area (Å²) >= 11 is 1.45. The third kappa shape index (κ3) is 6.83. The van der Waals surface area contributed by atoms with Crippen molar-refractivity contribution in [2.24, 2.45) is 5.92 Å². The fraction of sp³-hybridized carbons (Fsp3) is 0.593. The largest absolute Gasteiger partial charge is 0.487 e. The number of nitrogens with zero attached hydrogens (tertiary/aromatic N) is 2. The van der Waals surface area contributed by atoms with E-state index in [0.29, 0.717) is 59.7 Å². The van der Waals surface area contributed by atoms with Crippen molar-refractivity contribution in [1.82, 2.24) is 19.8 Å². The number of hydrogen-bond donors (Lipinski definition) is 2. The number of hydrogen-bond acceptors (Lipinski definition) is 5. The molecule has 2 fully saturated rings. The Hall–Kier alpha value is -2.62. The number of rotatable bonds is 12. The molecule has 2 aromatic rings. The first-order valence-electron chi connectivity index (χ1n) is 13.2. The molecular weight excluding hydrogens is 498 g/mol. The van der Waals surface area contributed by atoms with Crippen molar-refractivity contribution in [3.63, 3.8) is 0 Å². The van der Waals surface area contributed by atoms with Crippen LogP contribution < -0.4 is 14.8 Å². The smallest absolute Gasteiger partial charge is 0.280 e. The number of ether oxygens (including phenoxy) is 1. The minimum Gasteiger partial charge on any atom is -0.487 e. The number of carbonyl (C=O) groups is 2. The highest BCUT2D eigenvalue weighted by molar-refractivity contribution is 7.98. The third-order valence-electron chi connectivity index (χ3n) is 7.23. The average molecular weight is 533 g/mol. The van der Waals surface area contributed by atoms with Crippen LogP contribution in [0.5, 0.6) is 5.75 Å². The van der Waals surface area contributed by atoms with Crippen molar-refractivity contribution >= 4 is 23.8 Å². The lowest BCUT2D eigenvalue weighted by atomic mass is 9.95. The van der Waals surface area contributed by atoms with Crippen molar-refractivity contribution in [1.29, 1.82) is 0 Å². The second kappa shape index (κ2) is 11.0. The maximum atomic E-state index is 13.2. The molecule has 1 atom stereocenters. The van der Waals surface area contributed by atoms with Crippen LogP contribution in [-0.2, 0) is 19.4 Å². The molecule has 2 N–H and O–H groups in total. The van der Waals surface area contributed by atoms with E-state index in [9.17, 15) is 18.4 Å². The minimum atomic E-state index is -2.90. The summed E-state index contributed by atoms with van der Waals surface area (Å²) in [4.78, 5) is 26.3. The van der Waals surface area contributed by atoms with Gasteiger partial charge in [0.2, 0.25) is 0 Å². The molecule has 2 heterocycles. The van der Waals surface area contributed by atoms with E-state index >= 15 is 0 Å². The molecule has 5 rings (SSSR count). The summed E-state index contributed by atoms with van der Waals surface area (Å²) in [5.41, 5.74) is 2.39. The fourth-order valence-electron chi connectivity index (χ4n) is 4.73. The number of nitrogens with one attached hydrogen (secondary N) is 2. The zero-order chi connectivity index (χ0) is 26.0. The van der Waals surface area contributed by atoms with E-state index in [-0.39, 0.29) is 17.9 Å². The molecule has 37 heavy (non-hydrogen) atoms. The number of halogens is 2. The molecule has 3 aliphatic rings. The Balaban J connectivity index is 1.25. The molecule has 7 nitrogen and oxygen atoms in total. The van der Waals surface area contributed by atoms with Gasteiger partial charge in [0, 0.05) is 31.2 Å². The van der Waals surface area contributed by atoms with Crippen LogP contribution in [0.15, 0.2) is 24.3 Å². The molecule has 2 amide bonds. The Bertz CT molecular complexity index is 1140. The number of carbonyl (C=O) groups excluding carboxylic acids is 2. The predicted molar refractivity (Wildman–Crippen MR) is 138 cm³/mol. The molecule has 1 aromatic carbocycles. The van der Waals surface area contributed by atoms with Crippen molar-refractivity contribution in [3.05, 3.63) is 46.8 Å². The summed E-state index contributed by atoms with van der Waals surface area (Å²) in [6, 6.07) is 6.99. The topological polar surface area (TPSA) is 85.2 Å². The fourth-order valence-corrected chi connectivity index (χ4v) is 5.67. The van der Waals surface area contributed by atoms with Crippen LogP contribution in [0, 0.1) is 5.92 Å².